The van der Waals surface area contributed by atoms with Gasteiger partial charge in [-0.3, -0.25) is 4.79 Å². The molecule has 0 fully saturated rings. The molecule has 0 aromatic heterocycles. The molecule has 0 aliphatic carbocycles. The van der Waals surface area contributed by atoms with Gasteiger partial charge in [0.2, 0.25) is 10.0 Å². The molecule has 7 heteroatoms. The number of hydrogen-bond donors (Lipinski definition) is 1. The van der Waals surface area contributed by atoms with Gasteiger partial charge in [-0.25, -0.2) is 8.42 Å². The lowest BCUT2D eigenvalue weighted by molar-refractivity contribution is -0.118. The van der Waals surface area contributed by atoms with E-state index in [-0.39, 0.29) is 24.0 Å². The maximum atomic E-state index is 12.8. The highest BCUT2D eigenvalue weighted by molar-refractivity contribution is 7.89. The summed E-state index contributed by atoms with van der Waals surface area (Å²) in [5, 5.41) is 2.72. The molecule has 31 heavy (non-hydrogen) atoms. The molecule has 0 bridgehead atoms. The molecule has 3 aromatic carbocycles. The first-order valence-electron chi connectivity index (χ1n) is 9.86. The van der Waals surface area contributed by atoms with Crippen LogP contribution in [0.3, 0.4) is 0 Å². The molecule has 0 atom stereocenters. The van der Waals surface area contributed by atoms with Crippen LogP contribution in [0.2, 0.25) is 0 Å². The number of carbonyl (C=O) groups is 1. The molecule has 0 aliphatic heterocycles. The lowest BCUT2D eigenvalue weighted by Crippen LogP contribution is -2.26. The third-order valence-electron chi connectivity index (χ3n) is 4.78. The van der Waals surface area contributed by atoms with E-state index in [0.717, 1.165) is 16.7 Å². The molecule has 0 unspecified atom stereocenters. The molecular weight excluding hydrogens is 412 g/mol. The zero-order valence-electron chi connectivity index (χ0n) is 17.8. The zero-order chi connectivity index (χ0) is 22.4. The van der Waals surface area contributed by atoms with E-state index in [2.05, 4.69) is 5.32 Å². The van der Waals surface area contributed by atoms with Crippen LogP contribution < -0.4 is 10.1 Å². The van der Waals surface area contributed by atoms with Crippen molar-refractivity contribution in [2.24, 2.45) is 0 Å². The first-order valence-corrected chi connectivity index (χ1v) is 11.3. The maximum Gasteiger partial charge on any atom is 0.262 e. The normalized spacial score (nSPS) is 11.4. The van der Waals surface area contributed by atoms with Crippen molar-refractivity contribution < 1.29 is 17.9 Å². The molecule has 0 heterocycles. The van der Waals surface area contributed by atoms with Gasteiger partial charge < -0.3 is 10.1 Å². The summed E-state index contributed by atoms with van der Waals surface area (Å²) >= 11 is 0. The van der Waals surface area contributed by atoms with E-state index in [1.807, 2.05) is 62.4 Å². The number of nitrogens with one attached hydrogen (secondary N) is 1. The molecule has 3 rings (SSSR count). The van der Waals surface area contributed by atoms with E-state index in [4.69, 9.17) is 4.74 Å². The largest absolute Gasteiger partial charge is 0.483 e. The predicted molar refractivity (Wildman–Crippen MR) is 122 cm³/mol. The number of amides is 1. The Morgan fingerprint density at radius 2 is 1.65 bits per heavy atom. The first-order chi connectivity index (χ1) is 14.8. The molecule has 0 radical (unpaired) electrons. The SMILES string of the molecule is Cc1ccc(OCC(=O)Nc2ccc(S(=O)(=O)N(C)Cc3ccccc3)cc2)c(C)c1. The summed E-state index contributed by atoms with van der Waals surface area (Å²) < 4.78 is 32.5. The minimum absolute atomic E-state index is 0.135. The molecule has 0 spiro atoms. The Balaban J connectivity index is 1.59. The van der Waals surface area contributed by atoms with Gasteiger partial charge in [-0.2, -0.15) is 4.31 Å². The van der Waals surface area contributed by atoms with Gasteiger partial charge in [0.1, 0.15) is 5.75 Å². The number of rotatable bonds is 8. The van der Waals surface area contributed by atoms with Crippen LogP contribution in [0, 0.1) is 13.8 Å². The maximum absolute atomic E-state index is 12.8. The van der Waals surface area contributed by atoms with E-state index in [9.17, 15) is 13.2 Å². The van der Waals surface area contributed by atoms with E-state index in [1.165, 1.54) is 16.4 Å². The van der Waals surface area contributed by atoms with Gasteiger partial charge >= 0.3 is 0 Å². The first kappa shape index (κ1) is 22.5. The van der Waals surface area contributed by atoms with Crippen molar-refractivity contribution in [1.82, 2.24) is 4.31 Å². The molecule has 3 aromatic rings. The van der Waals surface area contributed by atoms with Crippen molar-refractivity contribution >= 4 is 21.6 Å². The summed E-state index contributed by atoms with van der Waals surface area (Å²) in [5.41, 5.74) is 3.49. The van der Waals surface area contributed by atoms with Crippen molar-refractivity contribution in [2.45, 2.75) is 25.3 Å². The number of ether oxygens (including phenoxy) is 1. The van der Waals surface area contributed by atoms with Crippen molar-refractivity contribution in [2.75, 3.05) is 19.0 Å². The number of aryl methyl sites for hydroxylation is 2. The molecule has 6 nitrogen and oxygen atoms in total. The average Bonchev–Trinajstić information content (AvgIpc) is 2.74. The van der Waals surface area contributed by atoms with Crippen LogP contribution in [-0.2, 0) is 21.4 Å². The highest BCUT2D eigenvalue weighted by Crippen LogP contribution is 2.20. The Kier molecular flexibility index (Phi) is 7.09. The van der Waals surface area contributed by atoms with Crippen LogP contribution in [0.1, 0.15) is 16.7 Å². The summed E-state index contributed by atoms with van der Waals surface area (Å²) in [4.78, 5) is 12.4. The van der Waals surface area contributed by atoms with E-state index < -0.39 is 10.0 Å². The number of anilines is 1. The second-order valence-corrected chi connectivity index (χ2v) is 9.42. The van der Waals surface area contributed by atoms with Crippen LogP contribution in [-0.4, -0.2) is 32.3 Å². The Morgan fingerprint density at radius 1 is 0.968 bits per heavy atom. The fraction of sp³-hybridized carbons (Fsp3) is 0.208. The topological polar surface area (TPSA) is 75.7 Å². The number of benzene rings is 3. The van der Waals surface area contributed by atoms with Crippen molar-refractivity contribution in [3.05, 3.63) is 89.5 Å². The van der Waals surface area contributed by atoms with Crippen molar-refractivity contribution in [3.63, 3.8) is 0 Å². The summed E-state index contributed by atoms with van der Waals surface area (Å²) in [6.45, 7) is 4.06. The molecule has 0 aliphatic rings. The van der Waals surface area contributed by atoms with Gasteiger partial charge in [0, 0.05) is 19.3 Å². The number of nitrogens with zero attached hydrogens (tertiary/aromatic N) is 1. The van der Waals surface area contributed by atoms with E-state index in [0.29, 0.717) is 11.4 Å². The zero-order valence-corrected chi connectivity index (χ0v) is 18.6. The van der Waals surface area contributed by atoms with Crippen LogP contribution in [0.25, 0.3) is 0 Å². The van der Waals surface area contributed by atoms with Gasteiger partial charge in [-0.15, -0.1) is 0 Å². The summed E-state index contributed by atoms with van der Waals surface area (Å²) in [7, 11) is -2.10. The lowest BCUT2D eigenvalue weighted by Gasteiger charge is -2.17. The Labute approximate surface area is 183 Å². The Hall–Kier alpha value is -3.16. The molecular formula is C24H26N2O4S. The number of carbonyl (C=O) groups excluding carboxylic acids is 1. The third kappa shape index (κ3) is 5.93. The molecule has 162 valence electrons. The highest BCUT2D eigenvalue weighted by atomic mass is 32.2. The van der Waals surface area contributed by atoms with Crippen LogP contribution in [0.15, 0.2) is 77.7 Å². The number of sulfonamides is 1. The van der Waals surface area contributed by atoms with Crippen molar-refractivity contribution in [1.29, 1.82) is 0 Å². The van der Waals surface area contributed by atoms with Gasteiger partial charge in [0.25, 0.3) is 5.91 Å². The Bertz CT molecular complexity index is 1140. The van der Waals surface area contributed by atoms with Crippen molar-refractivity contribution in [3.8, 4) is 5.75 Å². The van der Waals surface area contributed by atoms with Crippen LogP contribution in [0.4, 0.5) is 5.69 Å². The third-order valence-corrected chi connectivity index (χ3v) is 6.60. The lowest BCUT2D eigenvalue weighted by atomic mass is 10.1. The molecule has 1 amide bonds. The quantitative estimate of drug-likeness (QED) is 0.574. The highest BCUT2D eigenvalue weighted by Gasteiger charge is 2.21. The molecule has 0 saturated carbocycles. The van der Waals surface area contributed by atoms with E-state index >= 15 is 0 Å². The van der Waals surface area contributed by atoms with Gasteiger partial charge in [-0.05, 0) is 55.3 Å². The number of hydrogen-bond acceptors (Lipinski definition) is 4. The Morgan fingerprint density at radius 3 is 2.29 bits per heavy atom. The minimum atomic E-state index is -3.64. The fourth-order valence-corrected chi connectivity index (χ4v) is 4.28. The molecule has 0 saturated heterocycles. The van der Waals surface area contributed by atoms with Gasteiger partial charge in [-0.1, -0.05) is 48.0 Å². The van der Waals surface area contributed by atoms with Gasteiger partial charge in [0.05, 0.1) is 4.90 Å². The van der Waals surface area contributed by atoms with Gasteiger partial charge in [0.15, 0.2) is 6.61 Å². The standard InChI is InChI=1S/C24H26N2O4S/c1-18-9-14-23(19(2)15-18)30-17-24(27)25-21-10-12-22(13-11-21)31(28,29)26(3)16-20-7-5-4-6-8-20/h4-15H,16-17H2,1-3H3,(H,25,27). The summed E-state index contributed by atoms with van der Waals surface area (Å²) in [6.07, 6.45) is 0. The molecule has 1 N–H and O–H groups in total. The second-order valence-electron chi connectivity index (χ2n) is 7.38. The van der Waals surface area contributed by atoms with E-state index in [1.54, 1.807) is 19.2 Å². The van der Waals surface area contributed by atoms with Crippen LogP contribution >= 0.6 is 0 Å². The smallest absolute Gasteiger partial charge is 0.262 e. The summed E-state index contributed by atoms with van der Waals surface area (Å²) in [6, 6.07) is 21.2. The minimum Gasteiger partial charge on any atom is -0.483 e. The fourth-order valence-electron chi connectivity index (χ4n) is 3.12. The second kappa shape index (κ2) is 9.76. The predicted octanol–water partition coefficient (Wildman–Crippen LogP) is 4.14. The summed E-state index contributed by atoms with van der Waals surface area (Å²) in [5.74, 6) is 0.334. The average molecular weight is 439 g/mol. The monoisotopic (exact) mass is 438 g/mol. The van der Waals surface area contributed by atoms with Crippen LogP contribution in [0.5, 0.6) is 5.75 Å².